The second kappa shape index (κ2) is 3.19. The fourth-order valence-electron chi connectivity index (χ4n) is 1.54. The molecule has 0 bridgehead atoms. The SMILES string of the molecule is C1CNNC2=NCCNC2C1. The van der Waals surface area contributed by atoms with Crippen LogP contribution in [0.15, 0.2) is 4.99 Å². The van der Waals surface area contributed by atoms with Crippen LogP contribution in [0.4, 0.5) is 0 Å². The molecule has 0 radical (unpaired) electrons. The predicted molar refractivity (Wildman–Crippen MR) is 44.5 cm³/mol. The van der Waals surface area contributed by atoms with Gasteiger partial charge in [0.15, 0.2) is 0 Å². The highest BCUT2D eigenvalue weighted by molar-refractivity contribution is 5.87. The number of aliphatic imine (C=N–C) groups is 1. The highest BCUT2D eigenvalue weighted by Gasteiger charge is 2.19. The molecule has 2 heterocycles. The van der Waals surface area contributed by atoms with Crippen LogP contribution in [0, 0.1) is 0 Å². The topological polar surface area (TPSA) is 48.5 Å². The van der Waals surface area contributed by atoms with Crippen molar-refractivity contribution in [2.45, 2.75) is 18.9 Å². The van der Waals surface area contributed by atoms with E-state index in [1.807, 2.05) is 0 Å². The van der Waals surface area contributed by atoms with Crippen LogP contribution < -0.4 is 16.2 Å². The summed E-state index contributed by atoms with van der Waals surface area (Å²) in [7, 11) is 0. The van der Waals surface area contributed by atoms with Crippen LogP contribution in [-0.2, 0) is 0 Å². The Hall–Kier alpha value is -0.610. The summed E-state index contributed by atoms with van der Waals surface area (Å²) in [5, 5.41) is 3.43. The molecule has 62 valence electrons. The zero-order valence-corrected chi connectivity index (χ0v) is 6.56. The zero-order valence-electron chi connectivity index (χ0n) is 6.56. The second-order valence-electron chi connectivity index (χ2n) is 2.97. The van der Waals surface area contributed by atoms with Crippen LogP contribution in [0.2, 0.25) is 0 Å². The minimum Gasteiger partial charge on any atom is -0.308 e. The Labute approximate surface area is 66.4 Å². The molecule has 11 heavy (non-hydrogen) atoms. The van der Waals surface area contributed by atoms with E-state index in [1.54, 1.807) is 0 Å². The fourth-order valence-corrected chi connectivity index (χ4v) is 1.54. The smallest absolute Gasteiger partial charge is 0.128 e. The highest BCUT2D eigenvalue weighted by atomic mass is 15.4. The van der Waals surface area contributed by atoms with E-state index in [0.29, 0.717) is 6.04 Å². The number of rotatable bonds is 0. The molecule has 0 aromatic carbocycles. The predicted octanol–water partition coefficient (Wildman–Crippen LogP) is -0.755. The highest BCUT2D eigenvalue weighted by Crippen LogP contribution is 2.03. The Balaban J connectivity index is 2.07. The first-order chi connectivity index (χ1) is 5.47. The lowest BCUT2D eigenvalue weighted by molar-refractivity contribution is 0.556. The summed E-state index contributed by atoms with van der Waals surface area (Å²) in [4.78, 5) is 4.39. The molecule has 0 amide bonds. The van der Waals surface area contributed by atoms with Gasteiger partial charge in [0.25, 0.3) is 0 Å². The minimum atomic E-state index is 0.471. The number of nitrogens with one attached hydrogen (secondary N) is 3. The van der Waals surface area contributed by atoms with Gasteiger partial charge in [-0.1, -0.05) is 0 Å². The third-order valence-electron chi connectivity index (χ3n) is 2.13. The molecule has 4 heteroatoms. The van der Waals surface area contributed by atoms with Gasteiger partial charge in [0.05, 0.1) is 12.6 Å². The minimum absolute atomic E-state index is 0.471. The molecule has 0 spiro atoms. The molecule has 2 rings (SSSR count). The van der Waals surface area contributed by atoms with E-state index in [1.165, 1.54) is 12.8 Å². The normalized spacial score (nSPS) is 31.3. The molecule has 0 aromatic rings. The van der Waals surface area contributed by atoms with Crippen molar-refractivity contribution >= 4 is 5.84 Å². The summed E-state index contributed by atoms with van der Waals surface area (Å²) in [6.07, 6.45) is 2.41. The molecule has 2 aliphatic heterocycles. The van der Waals surface area contributed by atoms with Crippen molar-refractivity contribution in [3.05, 3.63) is 0 Å². The Bertz CT molecular complexity index is 166. The summed E-state index contributed by atoms with van der Waals surface area (Å²) in [5.41, 5.74) is 6.25. The largest absolute Gasteiger partial charge is 0.308 e. The molecule has 1 unspecified atom stereocenters. The number of hydrogen-bond acceptors (Lipinski definition) is 4. The van der Waals surface area contributed by atoms with Gasteiger partial charge in [-0.3, -0.25) is 4.99 Å². The summed E-state index contributed by atoms with van der Waals surface area (Å²) in [6, 6.07) is 0.471. The lowest BCUT2D eigenvalue weighted by atomic mass is 10.1. The molecule has 1 fully saturated rings. The van der Waals surface area contributed by atoms with Gasteiger partial charge in [-0.2, -0.15) is 0 Å². The first-order valence-electron chi connectivity index (χ1n) is 4.23. The summed E-state index contributed by atoms with van der Waals surface area (Å²) in [5.74, 6) is 1.09. The van der Waals surface area contributed by atoms with Crippen LogP contribution in [0.1, 0.15) is 12.8 Å². The van der Waals surface area contributed by atoms with Crippen molar-refractivity contribution in [1.29, 1.82) is 0 Å². The van der Waals surface area contributed by atoms with E-state index < -0.39 is 0 Å². The van der Waals surface area contributed by atoms with Gasteiger partial charge in [-0.15, -0.1) is 0 Å². The Morgan fingerprint density at radius 1 is 1.36 bits per heavy atom. The van der Waals surface area contributed by atoms with Crippen LogP contribution in [0.3, 0.4) is 0 Å². The molecule has 0 saturated carbocycles. The first-order valence-corrected chi connectivity index (χ1v) is 4.23. The van der Waals surface area contributed by atoms with Gasteiger partial charge in [0, 0.05) is 13.1 Å². The monoisotopic (exact) mass is 154 g/mol. The zero-order chi connectivity index (χ0) is 7.52. The fraction of sp³-hybridized carbons (Fsp3) is 0.857. The maximum absolute atomic E-state index is 4.39. The van der Waals surface area contributed by atoms with Gasteiger partial charge in [0.2, 0.25) is 0 Å². The van der Waals surface area contributed by atoms with E-state index in [-0.39, 0.29) is 0 Å². The Kier molecular flexibility index (Phi) is 2.05. The van der Waals surface area contributed by atoms with Gasteiger partial charge in [-0.05, 0) is 12.8 Å². The van der Waals surface area contributed by atoms with Crippen LogP contribution >= 0.6 is 0 Å². The van der Waals surface area contributed by atoms with E-state index in [2.05, 4.69) is 21.2 Å². The number of fused-ring (bicyclic) bond motifs is 1. The van der Waals surface area contributed by atoms with E-state index >= 15 is 0 Å². The van der Waals surface area contributed by atoms with Gasteiger partial charge in [-0.25, -0.2) is 5.43 Å². The summed E-state index contributed by atoms with van der Waals surface area (Å²) < 4.78 is 0. The maximum atomic E-state index is 4.39. The number of nitrogens with zero attached hydrogens (tertiary/aromatic N) is 1. The summed E-state index contributed by atoms with van der Waals surface area (Å²) in [6.45, 7) is 2.97. The maximum Gasteiger partial charge on any atom is 0.128 e. The van der Waals surface area contributed by atoms with Gasteiger partial charge in [0.1, 0.15) is 5.84 Å². The Morgan fingerprint density at radius 3 is 3.36 bits per heavy atom. The van der Waals surface area contributed by atoms with E-state index in [9.17, 15) is 0 Å². The molecular formula is C7H14N4. The second-order valence-corrected chi connectivity index (χ2v) is 2.97. The standard InChI is InChI=1S/C7H14N4/c1-2-6-7(11-10-3-1)9-5-4-8-6/h6,8,10H,1-5H2,(H,9,11). The van der Waals surface area contributed by atoms with E-state index in [0.717, 1.165) is 25.5 Å². The van der Waals surface area contributed by atoms with Crippen LogP contribution in [0.25, 0.3) is 0 Å². The molecule has 3 N–H and O–H groups in total. The number of hydrogen-bond donors (Lipinski definition) is 3. The third-order valence-corrected chi connectivity index (χ3v) is 2.13. The van der Waals surface area contributed by atoms with E-state index in [4.69, 9.17) is 0 Å². The molecule has 0 aliphatic carbocycles. The molecule has 2 aliphatic rings. The van der Waals surface area contributed by atoms with Gasteiger partial charge >= 0.3 is 0 Å². The van der Waals surface area contributed by atoms with Crippen molar-refractivity contribution in [3.63, 3.8) is 0 Å². The molecule has 1 saturated heterocycles. The number of hydrazine groups is 1. The number of amidine groups is 1. The average Bonchev–Trinajstić information content (AvgIpc) is 2.28. The first kappa shape index (κ1) is 7.06. The van der Waals surface area contributed by atoms with Gasteiger partial charge < -0.3 is 10.7 Å². The van der Waals surface area contributed by atoms with Crippen molar-refractivity contribution in [1.82, 2.24) is 16.2 Å². The van der Waals surface area contributed by atoms with Crippen molar-refractivity contribution < 1.29 is 0 Å². The average molecular weight is 154 g/mol. The van der Waals surface area contributed by atoms with Crippen LogP contribution in [-0.4, -0.2) is 31.5 Å². The van der Waals surface area contributed by atoms with Crippen molar-refractivity contribution in [3.8, 4) is 0 Å². The quantitative estimate of drug-likeness (QED) is 0.430. The molecule has 0 aromatic heterocycles. The molecular weight excluding hydrogens is 140 g/mol. The Morgan fingerprint density at radius 2 is 2.36 bits per heavy atom. The molecule has 1 atom stereocenters. The van der Waals surface area contributed by atoms with Crippen LogP contribution in [0.5, 0.6) is 0 Å². The lowest BCUT2D eigenvalue weighted by Gasteiger charge is -2.22. The molecule has 4 nitrogen and oxygen atoms in total. The third kappa shape index (κ3) is 1.52. The summed E-state index contributed by atoms with van der Waals surface area (Å²) >= 11 is 0. The van der Waals surface area contributed by atoms with Crippen molar-refractivity contribution in [2.24, 2.45) is 4.99 Å². The lowest BCUT2D eigenvalue weighted by Crippen LogP contribution is -2.50. The van der Waals surface area contributed by atoms with Crippen molar-refractivity contribution in [2.75, 3.05) is 19.6 Å².